The molecule has 314 valence electrons. The maximum absolute atomic E-state index is 5.37. The van der Waals surface area contributed by atoms with Gasteiger partial charge in [-0.2, -0.15) is 0 Å². The number of hydrogen-bond acceptors (Lipinski definition) is 3. The van der Waals surface area contributed by atoms with Crippen LogP contribution in [-0.2, 0) is 10.8 Å². The molecule has 13 rings (SSSR count). The van der Waals surface area contributed by atoms with Crippen LogP contribution in [-0.4, -0.2) is 15.0 Å². The summed E-state index contributed by atoms with van der Waals surface area (Å²) in [6.45, 7) is 6.24. The highest BCUT2D eigenvalue weighted by Crippen LogP contribution is 2.67. The third-order valence-corrected chi connectivity index (χ3v) is 14.6. The van der Waals surface area contributed by atoms with Crippen LogP contribution < -0.4 is 0 Å². The van der Waals surface area contributed by atoms with Gasteiger partial charge in [0.25, 0.3) is 0 Å². The lowest BCUT2D eigenvalue weighted by Gasteiger charge is -2.49. The normalized spacial score (nSPS) is 14.0. The van der Waals surface area contributed by atoms with Gasteiger partial charge in [0.2, 0.25) is 0 Å². The molecular formula is C64H43N3. The number of aryl methyl sites for hydroxylation is 1. The summed E-state index contributed by atoms with van der Waals surface area (Å²) in [4.78, 5) is 15.8. The van der Waals surface area contributed by atoms with Crippen LogP contribution in [0.4, 0.5) is 0 Å². The predicted molar refractivity (Wildman–Crippen MR) is 274 cm³/mol. The van der Waals surface area contributed by atoms with Crippen LogP contribution in [0.3, 0.4) is 0 Å². The van der Waals surface area contributed by atoms with Crippen LogP contribution >= 0.6 is 0 Å². The smallest absolute Gasteiger partial charge is 0.165 e. The largest absolute Gasteiger partial charge is 0.208 e. The van der Waals surface area contributed by atoms with Crippen molar-refractivity contribution in [3.63, 3.8) is 0 Å². The van der Waals surface area contributed by atoms with E-state index < -0.39 is 10.8 Å². The summed E-state index contributed by atoms with van der Waals surface area (Å²) >= 11 is 0. The predicted octanol–water partition coefficient (Wildman–Crippen LogP) is 15.1. The maximum Gasteiger partial charge on any atom is 0.165 e. The van der Waals surface area contributed by atoms with Gasteiger partial charge in [0.1, 0.15) is 0 Å². The molecule has 0 atom stereocenters. The molecule has 0 saturated heterocycles. The highest BCUT2D eigenvalue weighted by atomic mass is 15.0. The Kier molecular flexibility index (Phi) is 8.72. The van der Waals surface area contributed by atoms with Gasteiger partial charge in [0.15, 0.2) is 17.5 Å². The van der Waals surface area contributed by atoms with Gasteiger partial charge < -0.3 is 0 Å². The van der Waals surface area contributed by atoms with E-state index in [2.05, 4.69) is 196 Å². The summed E-state index contributed by atoms with van der Waals surface area (Å²) in [5.74, 6) is 1.85. The van der Waals surface area contributed by atoms with Crippen LogP contribution in [0.15, 0.2) is 231 Å². The Morgan fingerprint density at radius 3 is 1.24 bits per heavy atom. The van der Waals surface area contributed by atoms with Gasteiger partial charge in [-0.1, -0.05) is 231 Å². The van der Waals surface area contributed by atoms with Crippen LogP contribution in [0, 0.1) is 6.92 Å². The monoisotopic (exact) mass is 853 g/mol. The summed E-state index contributed by atoms with van der Waals surface area (Å²) in [6, 6.07) is 77.9. The van der Waals surface area contributed by atoms with Gasteiger partial charge in [-0.15, -0.1) is 0 Å². The number of rotatable bonds is 6. The Morgan fingerprint density at radius 2 is 0.761 bits per heavy atom. The summed E-state index contributed by atoms with van der Waals surface area (Å²) < 4.78 is 0. The molecule has 0 fully saturated rings. The van der Waals surface area contributed by atoms with E-state index in [0.29, 0.717) is 17.5 Å². The van der Waals surface area contributed by atoms with Crippen molar-refractivity contribution in [2.24, 2.45) is 0 Å². The Morgan fingerprint density at radius 1 is 0.358 bits per heavy atom. The van der Waals surface area contributed by atoms with Crippen LogP contribution in [0.1, 0.15) is 55.6 Å². The van der Waals surface area contributed by atoms with E-state index in [4.69, 9.17) is 15.0 Å². The molecule has 2 spiro atoms. The third kappa shape index (κ3) is 5.43. The van der Waals surface area contributed by atoms with Crippen molar-refractivity contribution < 1.29 is 0 Å². The van der Waals surface area contributed by atoms with Gasteiger partial charge in [-0.05, 0) is 102 Å². The first-order valence-corrected chi connectivity index (χ1v) is 23.1. The van der Waals surface area contributed by atoms with Gasteiger partial charge in [-0.3, -0.25) is 0 Å². The quantitative estimate of drug-likeness (QED) is 0.156. The number of benzene rings is 9. The standard InChI is InChI=1S/C64H43N3/c1-3-4-25-45-41(2)36-38-46(59(45)62-66-60(42-21-7-5-8-22-42)65-61(67-62)43-23-9-6-10-24-43)44-37-39-57-58(40-44)64(53-32-17-13-28-49(53)50-29-14-18-33-54(50)64)56-35-20-19-34-55(56)63(57)51-30-15-11-26-47(51)48-27-12-16-31-52(48)63/h3-40H,1H2,2H3/b25-4-. The first kappa shape index (κ1) is 38.9. The zero-order chi connectivity index (χ0) is 44.7. The van der Waals surface area contributed by atoms with Crippen molar-refractivity contribution in [1.82, 2.24) is 15.0 Å². The van der Waals surface area contributed by atoms with E-state index in [1.54, 1.807) is 0 Å². The van der Waals surface area contributed by atoms with E-state index in [9.17, 15) is 0 Å². The SMILES string of the molecule is C=C/C=C\c1c(C)ccc(-c2ccc3c(c2)C2(c4ccccc4-c4ccccc42)c2ccccc2C32c3ccccc3-c3ccccc32)c1-c1nc(-c2ccccc2)nc(-c2ccccc2)n1. The molecule has 3 heteroatoms. The lowest BCUT2D eigenvalue weighted by molar-refractivity contribution is 0.633. The summed E-state index contributed by atoms with van der Waals surface area (Å²) in [7, 11) is 0. The van der Waals surface area contributed by atoms with E-state index in [-0.39, 0.29) is 0 Å². The molecular weight excluding hydrogens is 811 g/mol. The Balaban J connectivity index is 1.17. The minimum absolute atomic E-state index is 0.577. The fraction of sp³-hybridized carbons (Fsp3) is 0.0469. The molecule has 67 heavy (non-hydrogen) atoms. The highest BCUT2D eigenvalue weighted by molar-refractivity contribution is 5.96. The lowest BCUT2D eigenvalue weighted by atomic mass is 9.52. The van der Waals surface area contributed by atoms with Gasteiger partial charge in [0, 0.05) is 16.7 Å². The summed E-state index contributed by atoms with van der Waals surface area (Å²) in [5, 5.41) is 0. The van der Waals surface area contributed by atoms with Crippen molar-refractivity contribution in [1.29, 1.82) is 0 Å². The van der Waals surface area contributed by atoms with Gasteiger partial charge >= 0.3 is 0 Å². The Bertz CT molecular complexity index is 3530. The van der Waals surface area contributed by atoms with Crippen LogP contribution in [0.2, 0.25) is 0 Å². The summed E-state index contributed by atoms with van der Waals surface area (Å²) in [5.41, 5.74) is 21.4. The van der Waals surface area contributed by atoms with Crippen molar-refractivity contribution in [2.45, 2.75) is 17.8 Å². The number of aromatic nitrogens is 3. The zero-order valence-electron chi connectivity index (χ0n) is 37.0. The molecule has 10 aromatic rings. The number of fused-ring (bicyclic) bond motifs is 16. The fourth-order valence-corrected chi connectivity index (χ4v) is 11.9. The zero-order valence-corrected chi connectivity index (χ0v) is 37.0. The van der Waals surface area contributed by atoms with Gasteiger partial charge in [0.05, 0.1) is 10.8 Å². The second-order valence-corrected chi connectivity index (χ2v) is 17.8. The van der Waals surface area contributed by atoms with Crippen molar-refractivity contribution in [3.8, 4) is 67.5 Å². The first-order chi connectivity index (χ1) is 33.1. The molecule has 0 amide bonds. The van der Waals surface area contributed by atoms with Crippen molar-refractivity contribution in [2.75, 3.05) is 0 Å². The minimum atomic E-state index is -0.628. The molecule has 0 radical (unpaired) electrons. The molecule has 1 aromatic heterocycles. The number of hydrogen-bond donors (Lipinski definition) is 0. The molecule has 1 heterocycles. The van der Waals surface area contributed by atoms with Crippen molar-refractivity contribution >= 4 is 6.08 Å². The lowest BCUT2D eigenvalue weighted by Crippen LogP contribution is -2.43. The van der Waals surface area contributed by atoms with Crippen LogP contribution in [0.25, 0.3) is 73.6 Å². The van der Waals surface area contributed by atoms with E-state index in [1.165, 1.54) is 66.8 Å². The average Bonchev–Trinajstić information content (AvgIpc) is 3.86. The third-order valence-electron chi connectivity index (χ3n) is 14.6. The fourth-order valence-electron chi connectivity index (χ4n) is 11.9. The van der Waals surface area contributed by atoms with Gasteiger partial charge in [-0.25, -0.2) is 15.0 Å². The molecule has 0 bridgehead atoms. The number of nitrogens with zero attached hydrogens (tertiary/aromatic N) is 3. The van der Waals surface area contributed by atoms with Crippen LogP contribution in [0.5, 0.6) is 0 Å². The molecule has 0 N–H and O–H groups in total. The van der Waals surface area contributed by atoms with Crippen molar-refractivity contribution in [3.05, 3.63) is 287 Å². The molecule has 0 saturated carbocycles. The second-order valence-electron chi connectivity index (χ2n) is 17.8. The molecule has 3 aliphatic rings. The summed E-state index contributed by atoms with van der Waals surface area (Å²) in [6.07, 6.45) is 5.99. The topological polar surface area (TPSA) is 38.7 Å². The highest BCUT2D eigenvalue weighted by Gasteiger charge is 2.59. The maximum atomic E-state index is 5.37. The Hall–Kier alpha value is -8.53. The molecule has 0 aliphatic heterocycles. The minimum Gasteiger partial charge on any atom is -0.208 e. The Labute approximate surface area is 391 Å². The molecule has 0 unspecified atom stereocenters. The second kappa shape index (κ2) is 15.0. The van der Waals surface area contributed by atoms with E-state index in [1.807, 2.05) is 48.6 Å². The first-order valence-electron chi connectivity index (χ1n) is 23.1. The molecule has 3 nitrogen and oxygen atoms in total. The van der Waals surface area contributed by atoms with E-state index in [0.717, 1.165) is 38.9 Å². The van der Waals surface area contributed by atoms with E-state index >= 15 is 0 Å². The number of allylic oxidation sites excluding steroid dienone is 2. The average molecular weight is 854 g/mol. The molecule has 9 aromatic carbocycles. The molecule has 3 aliphatic carbocycles.